The van der Waals surface area contributed by atoms with Crippen LogP contribution in [0, 0.1) is 0 Å². The number of nitrogens with one attached hydrogen (secondary N) is 1. The average Bonchev–Trinajstić information content (AvgIpc) is 2.55. The second-order valence-corrected chi connectivity index (χ2v) is 7.39. The predicted molar refractivity (Wildman–Crippen MR) is 95.1 cm³/mol. The van der Waals surface area contributed by atoms with Gasteiger partial charge in [-0.2, -0.15) is 0 Å². The first-order valence-electron chi connectivity index (χ1n) is 7.55. The summed E-state index contributed by atoms with van der Waals surface area (Å²) in [7, 11) is -3.39. The Morgan fingerprint density at radius 1 is 1.00 bits per heavy atom. The summed E-state index contributed by atoms with van der Waals surface area (Å²) in [6.07, 6.45) is 0. The fourth-order valence-corrected chi connectivity index (χ4v) is 4.29. The molecule has 0 amide bonds. The van der Waals surface area contributed by atoms with Crippen LogP contribution in [0.2, 0.25) is 5.02 Å². The molecule has 6 heteroatoms. The van der Waals surface area contributed by atoms with Crippen LogP contribution in [0.25, 0.3) is 0 Å². The molecule has 0 aliphatic heterocycles. The molecule has 23 heavy (non-hydrogen) atoms. The highest BCUT2D eigenvalue weighted by molar-refractivity contribution is 7.54. The predicted octanol–water partition coefficient (Wildman–Crippen LogP) is 5.72. The second kappa shape index (κ2) is 8.51. The molecule has 0 spiro atoms. The summed E-state index contributed by atoms with van der Waals surface area (Å²) in [5.74, 6) is -0.609. The highest BCUT2D eigenvalue weighted by atomic mass is 35.5. The summed E-state index contributed by atoms with van der Waals surface area (Å²) >= 11 is 5.96. The molecule has 0 aromatic heterocycles. The normalized spacial score (nSPS) is 12.8. The topological polar surface area (TPSA) is 47.6 Å². The second-order valence-electron chi connectivity index (χ2n) is 4.84. The molecule has 0 fully saturated rings. The minimum absolute atomic E-state index is 0.303. The van der Waals surface area contributed by atoms with Crippen molar-refractivity contribution in [1.29, 1.82) is 0 Å². The van der Waals surface area contributed by atoms with Crippen LogP contribution in [0.3, 0.4) is 0 Å². The SMILES string of the molecule is CCOP(=O)(OCC)[C@H](Nc1ccccc1)c1ccc(Cl)cc1. The van der Waals surface area contributed by atoms with Gasteiger partial charge in [0.05, 0.1) is 13.2 Å². The monoisotopic (exact) mass is 353 g/mol. The van der Waals surface area contributed by atoms with Gasteiger partial charge >= 0.3 is 7.60 Å². The van der Waals surface area contributed by atoms with Gasteiger partial charge in [0.25, 0.3) is 0 Å². The molecule has 0 unspecified atom stereocenters. The molecule has 0 radical (unpaired) electrons. The Balaban J connectivity index is 2.40. The van der Waals surface area contributed by atoms with E-state index in [0.29, 0.717) is 18.2 Å². The molecule has 0 saturated heterocycles. The summed E-state index contributed by atoms with van der Waals surface area (Å²) in [5.41, 5.74) is 1.63. The maximum absolute atomic E-state index is 13.3. The Morgan fingerprint density at radius 3 is 2.09 bits per heavy atom. The lowest BCUT2D eigenvalue weighted by atomic mass is 10.2. The van der Waals surface area contributed by atoms with Gasteiger partial charge in [-0.3, -0.25) is 4.57 Å². The highest BCUT2D eigenvalue weighted by Gasteiger charge is 2.37. The van der Waals surface area contributed by atoms with E-state index in [1.54, 1.807) is 26.0 Å². The van der Waals surface area contributed by atoms with Crippen LogP contribution in [0.4, 0.5) is 5.69 Å². The van der Waals surface area contributed by atoms with E-state index in [1.807, 2.05) is 42.5 Å². The first-order chi connectivity index (χ1) is 11.1. The largest absolute Gasteiger partial charge is 0.368 e. The van der Waals surface area contributed by atoms with E-state index < -0.39 is 13.4 Å². The third-order valence-corrected chi connectivity index (χ3v) is 5.75. The Bertz CT molecular complexity index is 639. The van der Waals surface area contributed by atoms with Crippen molar-refractivity contribution in [2.24, 2.45) is 0 Å². The van der Waals surface area contributed by atoms with Crippen LogP contribution in [-0.4, -0.2) is 13.2 Å². The van der Waals surface area contributed by atoms with Gasteiger partial charge in [0, 0.05) is 10.7 Å². The molecule has 0 bridgehead atoms. The van der Waals surface area contributed by atoms with Crippen molar-refractivity contribution in [2.45, 2.75) is 19.6 Å². The molecule has 1 atom stereocenters. The summed E-state index contributed by atoms with van der Waals surface area (Å²) in [6, 6.07) is 16.7. The Morgan fingerprint density at radius 2 is 1.57 bits per heavy atom. The van der Waals surface area contributed by atoms with Crippen LogP contribution in [-0.2, 0) is 13.6 Å². The van der Waals surface area contributed by atoms with E-state index in [4.69, 9.17) is 20.6 Å². The van der Waals surface area contributed by atoms with Crippen LogP contribution in [0.15, 0.2) is 54.6 Å². The summed E-state index contributed by atoms with van der Waals surface area (Å²) in [4.78, 5) is 0. The van der Waals surface area contributed by atoms with Gasteiger partial charge in [-0.15, -0.1) is 0 Å². The highest BCUT2D eigenvalue weighted by Crippen LogP contribution is 2.60. The van der Waals surface area contributed by atoms with Crippen molar-refractivity contribution < 1.29 is 13.6 Å². The molecule has 0 saturated carbocycles. The number of hydrogen-bond donors (Lipinski definition) is 1. The van der Waals surface area contributed by atoms with Crippen molar-refractivity contribution in [3.8, 4) is 0 Å². The van der Waals surface area contributed by atoms with Gasteiger partial charge < -0.3 is 14.4 Å². The van der Waals surface area contributed by atoms with Gasteiger partial charge in [-0.05, 0) is 43.7 Å². The van der Waals surface area contributed by atoms with Gasteiger partial charge in [0.2, 0.25) is 0 Å². The van der Waals surface area contributed by atoms with Crippen molar-refractivity contribution >= 4 is 24.9 Å². The molecule has 2 aromatic carbocycles. The van der Waals surface area contributed by atoms with Crippen molar-refractivity contribution in [1.82, 2.24) is 0 Å². The Labute approximate surface area is 142 Å². The molecule has 124 valence electrons. The average molecular weight is 354 g/mol. The minimum atomic E-state index is -3.39. The van der Waals surface area contributed by atoms with Gasteiger partial charge in [-0.25, -0.2) is 0 Å². The lowest BCUT2D eigenvalue weighted by Gasteiger charge is -2.28. The molecule has 2 aromatic rings. The van der Waals surface area contributed by atoms with E-state index in [0.717, 1.165) is 11.3 Å². The molecular weight excluding hydrogens is 333 g/mol. The van der Waals surface area contributed by atoms with Crippen molar-refractivity contribution in [3.63, 3.8) is 0 Å². The van der Waals surface area contributed by atoms with E-state index in [1.165, 1.54) is 0 Å². The lowest BCUT2D eigenvalue weighted by molar-refractivity contribution is 0.214. The van der Waals surface area contributed by atoms with Crippen LogP contribution in [0.5, 0.6) is 0 Å². The Hall–Kier alpha value is -1.32. The summed E-state index contributed by atoms with van der Waals surface area (Å²) in [5, 5.41) is 3.89. The zero-order valence-corrected chi connectivity index (χ0v) is 14.9. The Kier molecular flexibility index (Phi) is 6.67. The first-order valence-corrected chi connectivity index (χ1v) is 9.54. The van der Waals surface area contributed by atoms with Crippen LogP contribution in [0.1, 0.15) is 25.2 Å². The van der Waals surface area contributed by atoms with Gasteiger partial charge in [0.15, 0.2) is 5.78 Å². The maximum atomic E-state index is 13.3. The van der Waals surface area contributed by atoms with E-state index in [-0.39, 0.29) is 0 Å². The third kappa shape index (κ3) is 4.82. The molecule has 1 N–H and O–H groups in total. The summed E-state index contributed by atoms with van der Waals surface area (Å²) < 4.78 is 24.3. The number of halogens is 1. The molecule has 4 nitrogen and oxygen atoms in total. The molecule has 2 rings (SSSR count). The number of benzene rings is 2. The molecule has 0 aliphatic carbocycles. The third-order valence-electron chi connectivity index (χ3n) is 3.20. The van der Waals surface area contributed by atoms with Gasteiger partial charge in [0.1, 0.15) is 0 Å². The zero-order valence-electron chi connectivity index (χ0n) is 13.2. The summed E-state index contributed by atoms with van der Waals surface area (Å²) in [6.45, 7) is 4.20. The van der Waals surface area contributed by atoms with E-state index in [9.17, 15) is 4.57 Å². The molecule has 0 heterocycles. The molecular formula is C17H21ClNO3P. The van der Waals surface area contributed by atoms with Crippen molar-refractivity contribution in [3.05, 3.63) is 65.2 Å². The lowest BCUT2D eigenvalue weighted by Crippen LogP contribution is -2.15. The fourth-order valence-electron chi connectivity index (χ4n) is 2.23. The van der Waals surface area contributed by atoms with Crippen molar-refractivity contribution in [2.75, 3.05) is 18.5 Å². The van der Waals surface area contributed by atoms with E-state index >= 15 is 0 Å². The zero-order chi connectivity index (χ0) is 16.7. The number of hydrogen-bond acceptors (Lipinski definition) is 4. The minimum Gasteiger partial charge on any atom is -0.368 e. The fraction of sp³-hybridized carbons (Fsp3) is 0.294. The standard InChI is InChI=1S/C17H21ClNO3P/c1-3-21-23(20,22-4-2)17(14-10-12-15(18)13-11-14)19-16-8-6-5-7-9-16/h5-13,17,19H,3-4H2,1-2H3/t17-/m0/s1. The number of anilines is 1. The van der Waals surface area contributed by atoms with E-state index in [2.05, 4.69) is 5.32 Å². The number of rotatable bonds is 8. The number of para-hydroxylation sites is 1. The molecule has 0 aliphatic rings. The van der Waals surface area contributed by atoms with Crippen LogP contribution >= 0.6 is 19.2 Å². The smallest absolute Gasteiger partial charge is 0.357 e. The quantitative estimate of drug-likeness (QED) is 0.617. The first kappa shape index (κ1) is 18.0. The van der Waals surface area contributed by atoms with Gasteiger partial charge in [-0.1, -0.05) is 41.9 Å². The maximum Gasteiger partial charge on any atom is 0.357 e. The van der Waals surface area contributed by atoms with Crippen LogP contribution < -0.4 is 5.32 Å².